The molecule has 0 radical (unpaired) electrons. The predicted octanol–water partition coefficient (Wildman–Crippen LogP) is 2.10. The summed E-state index contributed by atoms with van der Waals surface area (Å²) in [5.74, 6) is -0.695. The summed E-state index contributed by atoms with van der Waals surface area (Å²) in [7, 11) is 0. The van der Waals surface area contributed by atoms with Gasteiger partial charge >= 0.3 is 0 Å². The van der Waals surface area contributed by atoms with Crippen molar-refractivity contribution in [2.75, 3.05) is 13.2 Å². The van der Waals surface area contributed by atoms with Crippen LogP contribution in [0.3, 0.4) is 0 Å². The molecule has 1 aliphatic rings. The van der Waals surface area contributed by atoms with Gasteiger partial charge in [0.25, 0.3) is 0 Å². The molecule has 146 valence electrons. The molecule has 0 unspecified atom stereocenters. The fourth-order valence-electron chi connectivity index (χ4n) is 3.52. The van der Waals surface area contributed by atoms with E-state index in [-0.39, 0.29) is 31.1 Å². The van der Waals surface area contributed by atoms with Gasteiger partial charge in [-0.25, -0.2) is 4.39 Å². The van der Waals surface area contributed by atoms with Gasteiger partial charge in [-0.15, -0.1) is 0 Å². The van der Waals surface area contributed by atoms with Gasteiger partial charge in [0.15, 0.2) is 6.29 Å². The maximum absolute atomic E-state index is 13.7. The maximum Gasteiger partial charge on any atom is 0.162 e. The van der Waals surface area contributed by atoms with Gasteiger partial charge in [0.05, 0.1) is 13.2 Å². The summed E-state index contributed by atoms with van der Waals surface area (Å²) in [4.78, 5) is 0. The lowest BCUT2D eigenvalue weighted by atomic mass is 9.90. The van der Waals surface area contributed by atoms with Gasteiger partial charge in [-0.05, 0) is 35.2 Å². The molecule has 0 aliphatic carbocycles. The van der Waals surface area contributed by atoms with Crippen LogP contribution in [-0.4, -0.2) is 52.1 Å². The molecule has 2 aromatic rings. The van der Waals surface area contributed by atoms with Gasteiger partial charge in [0.1, 0.15) is 29.5 Å². The van der Waals surface area contributed by atoms with Crippen LogP contribution in [0.25, 0.3) is 11.1 Å². The van der Waals surface area contributed by atoms with E-state index in [1.54, 1.807) is 12.1 Å². The Hall–Kier alpha value is -2.19. The second-order valence-electron chi connectivity index (χ2n) is 6.46. The molecule has 0 amide bonds. The number of aromatic hydroxyl groups is 2. The van der Waals surface area contributed by atoms with Crippen molar-refractivity contribution in [3.05, 3.63) is 47.3 Å². The zero-order valence-electron chi connectivity index (χ0n) is 14.9. The van der Waals surface area contributed by atoms with Crippen LogP contribution in [0.5, 0.6) is 11.5 Å². The number of aliphatic hydroxyl groups is 2. The predicted molar refractivity (Wildman–Crippen MR) is 96.0 cm³/mol. The summed E-state index contributed by atoms with van der Waals surface area (Å²) in [5, 5.41) is 39.5. The number of phenolic OH excluding ortho intramolecular Hbond substituents is 2. The van der Waals surface area contributed by atoms with Gasteiger partial charge in [0.2, 0.25) is 0 Å². The third kappa shape index (κ3) is 3.91. The first kappa shape index (κ1) is 19.6. The van der Waals surface area contributed by atoms with Gasteiger partial charge in [0, 0.05) is 18.1 Å². The summed E-state index contributed by atoms with van der Waals surface area (Å²) >= 11 is 0. The summed E-state index contributed by atoms with van der Waals surface area (Å²) < 4.78 is 25.0. The second kappa shape index (κ2) is 8.22. The molecule has 0 bridgehead atoms. The molecule has 2 aromatic carbocycles. The Morgan fingerprint density at radius 3 is 2.19 bits per heavy atom. The topological polar surface area (TPSA) is 99.4 Å². The summed E-state index contributed by atoms with van der Waals surface area (Å²) in [6.07, 6.45) is -1.46. The van der Waals surface area contributed by atoms with E-state index < -0.39 is 24.3 Å². The average molecular weight is 378 g/mol. The molecule has 1 saturated heterocycles. The molecule has 6 nitrogen and oxygen atoms in total. The molecule has 1 fully saturated rings. The van der Waals surface area contributed by atoms with Crippen molar-refractivity contribution in [2.24, 2.45) is 0 Å². The minimum atomic E-state index is -0.780. The van der Waals surface area contributed by atoms with Crippen LogP contribution in [0.15, 0.2) is 30.3 Å². The average Bonchev–Trinajstić information content (AvgIpc) is 3.04. The summed E-state index contributed by atoms with van der Waals surface area (Å²) in [6, 6.07) is 7.06. The molecular formula is C20H23FO6. The van der Waals surface area contributed by atoms with Crippen LogP contribution in [0, 0.1) is 5.82 Å². The number of aliphatic hydroxyl groups excluding tert-OH is 2. The Kier molecular flexibility index (Phi) is 5.96. The SMILES string of the molecule is CCc1c(O)cc(O)c(-c2cccc(F)c2)c1CC1O[C@H](CO)[C@@H](CO)O1. The van der Waals surface area contributed by atoms with Crippen LogP contribution in [0.1, 0.15) is 18.1 Å². The van der Waals surface area contributed by atoms with Crippen molar-refractivity contribution in [2.45, 2.75) is 38.3 Å². The van der Waals surface area contributed by atoms with Crippen molar-refractivity contribution < 1.29 is 34.3 Å². The van der Waals surface area contributed by atoms with Gasteiger partial charge < -0.3 is 29.9 Å². The van der Waals surface area contributed by atoms with Crippen LogP contribution >= 0.6 is 0 Å². The van der Waals surface area contributed by atoms with Crippen molar-refractivity contribution in [3.63, 3.8) is 0 Å². The minimum Gasteiger partial charge on any atom is -0.508 e. The lowest BCUT2D eigenvalue weighted by Gasteiger charge is -2.20. The molecule has 0 spiro atoms. The van der Waals surface area contributed by atoms with Gasteiger partial charge in [-0.2, -0.15) is 0 Å². The van der Waals surface area contributed by atoms with E-state index in [1.807, 2.05) is 6.92 Å². The number of phenols is 2. The van der Waals surface area contributed by atoms with Crippen LogP contribution in [0.2, 0.25) is 0 Å². The van der Waals surface area contributed by atoms with E-state index in [2.05, 4.69) is 0 Å². The third-order valence-corrected chi connectivity index (χ3v) is 4.77. The normalized spacial score (nSPS) is 20.3. The number of hydrogen-bond acceptors (Lipinski definition) is 6. The highest BCUT2D eigenvalue weighted by atomic mass is 19.1. The molecular weight excluding hydrogens is 355 g/mol. The number of benzene rings is 2. The highest BCUT2D eigenvalue weighted by molar-refractivity contribution is 5.77. The van der Waals surface area contributed by atoms with Gasteiger partial charge in [-0.3, -0.25) is 0 Å². The first-order valence-electron chi connectivity index (χ1n) is 8.83. The number of ether oxygens (including phenoxy) is 2. The summed E-state index contributed by atoms with van der Waals surface area (Å²) in [5.41, 5.74) is 2.02. The Morgan fingerprint density at radius 1 is 0.963 bits per heavy atom. The zero-order valence-corrected chi connectivity index (χ0v) is 14.9. The fraction of sp³-hybridized carbons (Fsp3) is 0.400. The van der Waals surface area contributed by atoms with Crippen molar-refractivity contribution >= 4 is 0 Å². The van der Waals surface area contributed by atoms with E-state index in [4.69, 9.17) is 9.47 Å². The van der Waals surface area contributed by atoms with Crippen molar-refractivity contribution in [1.29, 1.82) is 0 Å². The minimum absolute atomic E-state index is 0.0689. The lowest BCUT2D eigenvalue weighted by Crippen LogP contribution is -2.29. The Labute approximate surface area is 156 Å². The molecule has 0 saturated carbocycles. The van der Waals surface area contributed by atoms with E-state index in [0.717, 1.165) is 0 Å². The number of rotatable bonds is 6. The molecule has 2 atom stereocenters. The molecule has 4 N–H and O–H groups in total. The molecule has 7 heteroatoms. The van der Waals surface area contributed by atoms with Crippen LogP contribution in [0.4, 0.5) is 4.39 Å². The van der Waals surface area contributed by atoms with E-state index in [0.29, 0.717) is 28.7 Å². The van der Waals surface area contributed by atoms with Crippen molar-refractivity contribution in [3.8, 4) is 22.6 Å². The standard InChI is InChI=1S/C20H23FO6/c1-2-13-14(7-19-26-17(9-22)18(10-23)27-19)20(16(25)8-15(13)24)11-4-3-5-12(21)6-11/h3-6,8,17-19,22-25H,2,7,9-10H2,1H3/t17-,18-/m1/s1. The maximum atomic E-state index is 13.7. The smallest absolute Gasteiger partial charge is 0.162 e. The summed E-state index contributed by atoms with van der Waals surface area (Å²) in [6.45, 7) is 1.25. The molecule has 1 heterocycles. The van der Waals surface area contributed by atoms with Crippen LogP contribution < -0.4 is 0 Å². The first-order chi connectivity index (χ1) is 13.0. The van der Waals surface area contributed by atoms with E-state index in [9.17, 15) is 24.8 Å². The second-order valence-corrected chi connectivity index (χ2v) is 6.46. The van der Waals surface area contributed by atoms with E-state index >= 15 is 0 Å². The molecule has 0 aromatic heterocycles. The molecule has 27 heavy (non-hydrogen) atoms. The first-order valence-corrected chi connectivity index (χ1v) is 8.83. The Bertz CT molecular complexity index is 797. The Morgan fingerprint density at radius 2 is 1.63 bits per heavy atom. The third-order valence-electron chi connectivity index (χ3n) is 4.77. The fourth-order valence-corrected chi connectivity index (χ4v) is 3.52. The number of halogens is 1. The van der Waals surface area contributed by atoms with Crippen molar-refractivity contribution in [1.82, 2.24) is 0 Å². The van der Waals surface area contributed by atoms with E-state index in [1.165, 1.54) is 18.2 Å². The quantitative estimate of drug-likeness (QED) is 0.614. The zero-order chi connectivity index (χ0) is 19.6. The Balaban J connectivity index is 2.05. The van der Waals surface area contributed by atoms with Gasteiger partial charge in [-0.1, -0.05) is 19.1 Å². The monoisotopic (exact) mass is 378 g/mol. The van der Waals surface area contributed by atoms with Crippen LogP contribution in [-0.2, 0) is 22.3 Å². The largest absolute Gasteiger partial charge is 0.508 e. The molecule has 3 rings (SSSR count). The molecule has 1 aliphatic heterocycles. The highest BCUT2D eigenvalue weighted by Gasteiger charge is 2.36. The number of hydrogen-bond donors (Lipinski definition) is 4. The lowest BCUT2D eigenvalue weighted by molar-refractivity contribution is -0.0725. The highest BCUT2D eigenvalue weighted by Crippen LogP contribution is 2.41.